The molecule has 2 nitrogen and oxygen atoms in total. The third-order valence-electron chi connectivity index (χ3n) is 3.90. The molecule has 3 aromatic rings. The number of anilines is 1. The Morgan fingerprint density at radius 1 is 0.957 bits per heavy atom. The Balaban J connectivity index is 1.88. The first-order chi connectivity index (χ1) is 11.1. The molecule has 116 valence electrons. The minimum absolute atomic E-state index is 0.0307. The minimum Gasteiger partial charge on any atom is -0.310 e. The van der Waals surface area contributed by atoms with Crippen molar-refractivity contribution in [2.24, 2.45) is 0 Å². The van der Waals surface area contributed by atoms with E-state index in [0.717, 1.165) is 26.6 Å². The summed E-state index contributed by atoms with van der Waals surface area (Å²) in [5, 5.41) is 0. The summed E-state index contributed by atoms with van der Waals surface area (Å²) >= 11 is 1.54. The van der Waals surface area contributed by atoms with Crippen LogP contribution in [0.2, 0.25) is 0 Å². The number of hydrogen-bond donors (Lipinski definition) is 0. The SMILES string of the molecule is Cc1cccc(-c2ccc(C(=O)N(C)c3ccccc3C)s2)c1. The lowest BCUT2D eigenvalue weighted by Crippen LogP contribution is -2.25. The number of carbonyl (C=O) groups is 1. The highest BCUT2D eigenvalue weighted by Gasteiger charge is 2.17. The van der Waals surface area contributed by atoms with Gasteiger partial charge in [-0.25, -0.2) is 0 Å². The van der Waals surface area contributed by atoms with E-state index >= 15 is 0 Å². The van der Waals surface area contributed by atoms with Crippen LogP contribution in [0.25, 0.3) is 10.4 Å². The fourth-order valence-electron chi connectivity index (χ4n) is 2.62. The van der Waals surface area contributed by atoms with Gasteiger partial charge in [0.2, 0.25) is 0 Å². The summed E-state index contributed by atoms with van der Waals surface area (Å²) < 4.78 is 0. The molecule has 0 aliphatic rings. The standard InChI is InChI=1S/C20H19NOS/c1-14-7-6-9-16(13-14)18-11-12-19(23-18)20(22)21(3)17-10-5-4-8-15(17)2/h4-13H,1-3H3. The summed E-state index contributed by atoms with van der Waals surface area (Å²) in [6.45, 7) is 4.10. The van der Waals surface area contributed by atoms with Crippen LogP contribution in [0.1, 0.15) is 20.8 Å². The van der Waals surface area contributed by atoms with Gasteiger partial charge in [-0.05, 0) is 43.2 Å². The number of para-hydroxylation sites is 1. The van der Waals surface area contributed by atoms with Crippen LogP contribution in [0.4, 0.5) is 5.69 Å². The van der Waals surface area contributed by atoms with Gasteiger partial charge in [0.15, 0.2) is 0 Å². The molecule has 0 unspecified atom stereocenters. The largest absolute Gasteiger partial charge is 0.310 e. The predicted molar refractivity (Wildman–Crippen MR) is 98.4 cm³/mol. The molecule has 0 radical (unpaired) electrons. The summed E-state index contributed by atoms with van der Waals surface area (Å²) in [6.07, 6.45) is 0. The van der Waals surface area contributed by atoms with E-state index in [9.17, 15) is 4.79 Å². The first-order valence-corrected chi connectivity index (χ1v) is 8.38. The molecule has 1 aromatic heterocycles. The predicted octanol–water partition coefficient (Wildman–Crippen LogP) is 5.31. The number of aryl methyl sites for hydroxylation is 2. The van der Waals surface area contributed by atoms with Crippen LogP contribution >= 0.6 is 11.3 Å². The summed E-state index contributed by atoms with van der Waals surface area (Å²) in [5.74, 6) is 0.0307. The monoisotopic (exact) mass is 321 g/mol. The van der Waals surface area contributed by atoms with Crippen molar-refractivity contribution in [2.75, 3.05) is 11.9 Å². The van der Waals surface area contributed by atoms with Gasteiger partial charge in [0, 0.05) is 17.6 Å². The fraction of sp³-hybridized carbons (Fsp3) is 0.150. The van der Waals surface area contributed by atoms with Gasteiger partial charge in [-0.1, -0.05) is 48.0 Å². The van der Waals surface area contributed by atoms with Crippen molar-refractivity contribution in [1.29, 1.82) is 0 Å². The third kappa shape index (κ3) is 3.20. The molecular formula is C20H19NOS. The van der Waals surface area contributed by atoms with Crippen molar-refractivity contribution in [3.63, 3.8) is 0 Å². The molecule has 0 atom stereocenters. The molecule has 3 rings (SSSR count). The average molecular weight is 321 g/mol. The summed E-state index contributed by atoms with van der Waals surface area (Å²) in [6, 6.07) is 20.2. The lowest BCUT2D eigenvalue weighted by Gasteiger charge is -2.18. The van der Waals surface area contributed by atoms with Crippen molar-refractivity contribution in [1.82, 2.24) is 0 Å². The van der Waals surface area contributed by atoms with Crippen LogP contribution in [-0.2, 0) is 0 Å². The first-order valence-electron chi connectivity index (χ1n) is 7.57. The Hall–Kier alpha value is -2.39. The zero-order chi connectivity index (χ0) is 16.4. The first kappa shape index (κ1) is 15.5. The zero-order valence-corrected chi connectivity index (χ0v) is 14.4. The fourth-order valence-corrected chi connectivity index (χ4v) is 3.60. The van der Waals surface area contributed by atoms with E-state index in [4.69, 9.17) is 0 Å². The average Bonchev–Trinajstić information content (AvgIpc) is 3.04. The van der Waals surface area contributed by atoms with Gasteiger partial charge in [0.05, 0.1) is 4.88 Å². The normalized spacial score (nSPS) is 10.6. The van der Waals surface area contributed by atoms with E-state index in [2.05, 4.69) is 25.1 Å². The van der Waals surface area contributed by atoms with Crippen LogP contribution in [0.15, 0.2) is 60.7 Å². The highest BCUT2D eigenvalue weighted by molar-refractivity contribution is 7.17. The highest BCUT2D eigenvalue weighted by Crippen LogP contribution is 2.30. The quantitative estimate of drug-likeness (QED) is 0.640. The number of benzene rings is 2. The number of amides is 1. The van der Waals surface area contributed by atoms with E-state index < -0.39 is 0 Å². The van der Waals surface area contributed by atoms with Crippen LogP contribution in [0, 0.1) is 13.8 Å². The van der Waals surface area contributed by atoms with Crippen LogP contribution in [0.3, 0.4) is 0 Å². The number of nitrogens with zero attached hydrogens (tertiary/aromatic N) is 1. The molecule has 0 aliphatic heterocycles. The van der Waals surface area contributed by atoms with Gasteiger partial charge in [0.1, 0.15) is 0 Å². The van der Waals surface area contributed by atoms with Gasteiger partial charge < -0.3 is 4.90 Å². The number of carbonyl (C=O) groups excluding carboxylic acids is 1. The Morgan fingerprint density at radius 3 is 2.48 bits per heavy atom. The van der Waals surface area contributed by atoms with Gasteiger partial charge in [0.25, 0.3) is 5.91 Å². The van der Waals surface area contributed by atoms with Gasteiger partial charge >= 0.3 is 0 Å². The highest BCUT2D eigenvalue weighted by atomic mass is 32.1. The van der Waals surface area contributed by atoms with Crippen molar-refractivity contribution in [3.8, 4) is 10.4 Å². The molecule has 1 amide bonds. The van der Waals surface area contributed by atoms with Gasteiger partial charge in [-0.15, -0.1) is 11.3 Å². The second kappa shape index (κ2) is 6.39. The molecule has 2 aromatic carbocycles. The second-order valence-corrected chi connectivity index (χ2v) is 6.77. The molecule has 0 aliphatic carbocycles. The third-order valence-corrected chi connectivity index (χ3v) is 5.02. The smallest absolute Gasteiger partial charge is 0.268 e. The molecule has 0 bridgehead atoms. The maximum Gasteiger partial charge on any atom is 0.268 e. The number of rotatable bonds is 3. The number of thiophene rings is 1. The van der Waals surface area contributed by atoms with Crippen molar-refractivity contribution < 1.29 is 4.79 Å². The molecule has 23 heavy (non-hydrogen) atoms. The molecule has 0 saturated carbocycles. The topological polar surface area (TPSA) is 20.3 Å². The van der Waals surface area contributed by atoms with Crippen molar-refractivity contribution in [3.05, 3.63) is 76.7 Å². The molecule has 0 spiro atoms. The van der Waals surface area contributed by atoms with Gasteiger partial charge in [-0.2, -0.15) is 0 Å². The van der Waals surface area contributed by atoms with Crippen LogP contribution < -0.4 is 4.90 Å². The Kier molecular flexibility index (Phi) is 4.30. The van der Waals surface area contributed by atoms with Crippen molar-refractivity contribution in [2.45, 2.75) is 13.8 Å². The molecule has 3 heteroatoms. The molecule has 0 N–H and O–H groups in total. The van der Waals surface area contributed by atoms with Crippen LogP contribution in [-0.4, -0.2) is 13.0 Å². The molecule has 0 fully saturated rings. The van der Waals surface area contributed by atoms with Crippen molar-refractivity contribution >= 4 is 22.9 Å². The lowest BCUT2D eigenvalue weighted by atomic mass is 10.1. The maximum absolute atomic E-state index is 12.7. The zero-order valence-electron chi connectivity index (χ0n) is 13.5. The lowest BCUT2D eigenvalue weighted by molar-refractivity contribution is 0.0996. The summed E-state index contributed by atoms with van der Waals surface area (Å²) in [5.41, 5.74) is 4.43. The van der Waals surface area contributed by atoms with E-state index in [1.54, 1.807) is 16.2 Å². The minimum atomic E-state index is 0.0307. The second-order valence-electron chi connectivity index (χ2n) is 5.68. The summed E-state index contributed by atoms with van der Waals surface area (Å²) in [7, 11) is 1.83. The Morgan fingerprint density at radius 2 is 1.74 bits per heavy atom. The summed E-state index contributed by atoms with van der Waals surface area (Å²) in [4.78, 5) is 16.3. The molecule has 0 saturated heterocycles. The Bertz CT molecular complexity index is 850. The van der Waals surface area contributed by atoms with Crippen LogP contribution in [0.5, 0.6) is 0 Å². The van der Waals surface area contributed by atoms with E-state index in [1.807, 2.05) is 56.4 Å². The van der Waals surface area contributed by atoms with E-state index in [0.29, 0.717) is 0 Å². The molecular weight excluding hydrogens is 302 g/mol. The molecule has 1 heterocycles. The van der Waals surface area contributed by atoms with E-state index in [-0.39, 0.29) is 5.91 Å². The maximum atomic E-state index is 12.7. The van der Waals surface area contributed by atoms with Gasteiger partial charge in [-0.3, -0.25) is 4.79 Å². The van der Waals surface area contributed by atoms with E-state index in [1.165, 1.54) is 5.56 Å². The number of hydrogen-bond acceptors (Lipinski definition) is 2. The Labute approximate surface area is 141 Å².